The summed E-state index contributed by atoms with van der Waals surface area (Å²) in [4.78, 5) is 10.2. The Labute approximate surface area is 73.0 Å². The van der Waals surface area contributed by atoms with E-state index in [2.05, 4.69) is 6.58 Å². The molecule has 3 heteroatoms. The quantitative estimate of drug-likeness (QED) is 0.622. The Morgan fingerprint density at radius 1 is 1.67 bits per heavy atom. The van der Waals surface area contributed by atoms with Crippen LogP contribution in [0.5, 0.6) is 0 Å². The van der Waals surface area contributed by atoms with Gasteiger partial charge in [-0.05, 0) is 20.3 Å². The van der Waals surface area contributed by atoms with Gasteiger partial charge in [0, 0.05) is 0 Å². The fourth-order valence-electron chi connectivity index (χ4n) is 0.739. The summed E-state index contributed by atoms with van der Waals surface area (Å²) < 4.78 is 5.22. The Morgan fingerprint density at radius 3 is 2.67 bits per heavy atom. The normalized spacial score (nSPS) is 12.5. The molecule has 1 atom stereocenters. The Hall–Kier alpha value is -0.830. The summed E-state index contributed by atoms with van der Waals surface area (Å²) in [6, 6.07) is 0. The molecule has 0 radical (unpaired) electrons. The number of hydrogen-bond acceptors (Lipinski definition) is 2. The lowest BCUT2D eigenvalue weighted by atomic mass is 10.2. The minimum Gasteiger partial charge on any atom is -0.481 e. The summed E-state index contributed by atoms with van der Waals surface area (Å²) >= 11 is 0. The molecular formula is C9H16O3. The predicted octanol–water partition coefficient (Wildman–Crippen LogP) is 1.83. The minimum atomic E-state index is -0.821. The monoisotopic (exact) mass is 172 g/mol. The van der Waals surface area contributed by atoms with Crippen LogP contribution in [0.25, 0.3) is 0 Å². The molecule has 0 saturated carbocycles. The van der Waals surface area contributed by atoms with Crippen LogP contribution in [0.1, 0.15) is 26.7 Å². The van der Waals surface area contributed by atoms with Gasteiger partial charge < -0.3 is 9.84 Å². The van der Waals surface area contributed by atoms with Gasteiger partial charge in [0.2, 0.25) is 0 Å². The van der Waals surface area contributed by atoms with Gasteiger partial charge in [-0.2, -0.15) is 0 Å². The van der Waals surface area contributed by atoms with E-state index in [1.807, 2.05) is 6.92 Å². The molecule has 0 rings (SSSR count). The second kappa shape index (κ2) is 5.77. The van der Waals surface area contributed by atoms with Crippen molar-refractivity contribution in [3.63, 3.8) is 0 Å². The summed E-state index contributed by atoms with van der Waals surface area (Å²) in [5.74, 6) is -0.821. The summed E-state index contributed by atoms with van der Waals surface area (Å²) in [5, 5.41) is 8.39. The van der Waals surface area contributed by atoms with E-state index in [-0.39, 0.29) is 12.5 Å². The van der Waals surface area contributed by atoms with E-state index in [1.54, 1.807) is 6.92 Å². The molecule has 0 spiro atoms. The number of aliphatic carboxylic acids is 1. The molecule has 0 aliphatic rings. The predicted molar refractivity (Wildman–Crippen MR) is 47.1 cm³/mol. The van der Waals surface area contributed by atoms with Crippen molar-refractivity contribution in [2.45, 2.75) is 32.8 Å². The van der Waals surface area contributed by atoms with Crippen LogP contribution in [0.4, 0.5) is 0 Å². The first-order valence-corrected chi connectivity index (χ1v) is 4.00. The van der Waals surface area contributed by atoms with Crippen molar-refractivity contribution in [3.05, 3.63) is 12.2 Å². The number of carbonyl (C=O) groups is 1. The number of hydrogen-bond donors (Lipinski definition) is 1. The lowest BCUT2D eigenvalue weighted by molar-refractivity contribution is -0.139. The van der Waals surface area contributed by atoms with Crippen LogP contribution >= 0.6 is 0 Å². The van der Waals surface area contributed by atoms with Crippen LogP contribution in [0.15, 0.2) is 12.2 Å². The van der Waals surface area contributed by atoms with E-state index in [0.717, 1.165) is 12.0 Å². The van der Waals surface area contributed by atoms with Crippen molar-refractivity contribution in [1.29, 1.82) is 0 Å². The first-order chi connectivity index (χ1) is 5.52. The molecule has 0 unspecified atom stereocenters. The molecule has 1 N–H and O–H groups in total. The summed E-state index contributed by atoms with van der Waals surface area (Å²) in [6.45, 7) is 7.95. The molecule has 12 heavy (non-hydrogen) atoms. The van der Waals surface area contributed by atoms with Gasteiger partial charge in [0.05, 0.1) is 19.1 Å². The molecule has 0 saturated heterocycles. The molecule has 0 aromatic carbocycles. The fourth-order valence-corrected chi connectivity index (χ4v) is 0.739. The second-order valence-corrected chi connectivity index (χ2v) is 2.99. The van der Waals surface area contributed by atoms with E-state index < -0.39 is 5.97 Å². The molecule has 0 fully saturated rings. The third-order valence-corrected chi connectivity index (χ3v) is 1.39. The first kappa shape index (κ1) is 11.2. The van der Waals surface area contributed by atoms with Crippen molar-refractivity contribution in [1.82, 2.24) is 0 Å². The molecule has 0 bridgehead atoms. The topological polar surface area (TPSA) is 46.5 Å². The van der Waals surface area contributed by atoms with Gasteiger partial charge in [0.1, 0.15) is 0 Å². The molecule has 0 aromatic heterocycles. The van der Waals surface area contributed by atoms with Gasteiger partial charge in [0.15, 0.2) is 0 Å². The van der Waals surface area contributed by atoms with Crippen LogP contribution in [-0.4, -0.2) is 23.8 Å². The van der Waals surface area contributed by atoms with Gasteiger partial charge >= 0.3 is 5.97 Å². The molecule has 70 valence electrons. The van der Waals surface area contributed by atoms with Crippen LogP contribution in [-0.2, 0) is 9.53 Å². The standard InChI is InChI=1S/C9H16O3/c1-7(2)4-5-12-8(3)6-9(10)11/h8H,1,4-6H2,2-3H3,(H,10,11)/t8-/m0/s1. The molecule has 0 aromatic rings. The number of carboxylic acids is 1. The van der Waals surface area contributed by atoms with Gasteiger partial charge in [-0.15, -0.1) is 6.58 Å². The van der Waals surface area contributed by atoms with E-state index in [4.69, 9.17) is 9.84 Å². The van der Waals surface area contributed by atoms with Crippen LogP contribution in [0, 0.1) is 0 Å². The van der Waals surface area contributed by atoms with Crippen molar-refractivity contribution >= 4 is 5.97 Å². The zero-order chi connectivity index (χ0) is 9.56. The Bertz CT molecular complexity index is 163. The first-order valence-electron chi connectivity index (χ1n) is 4.00. The number of carboxylic acid groups (broad SMARTS) is 1. The summed E-state index contributed by atoms with van der Waals surface area (Å²) in [5.41, 5.74) is 1.05. The van der Waals surface area contributed by atoms with Crippen molar-refractivity contribution in [2.24, 2.45) is 0 Å². The van der Waals surface area contributed by atoms with Crippen LogP contribution in [0.2, 0.25) is 0 Å². The highest BCUT2D eigenvalue weighted by Crippen LogP contribution is 2.01. The molecule has 0 amide bonds. The smallest absolute Gasteiger partial charge is 0.305 e. The van der Waals surface area contributed by atoms with Crippen molar-refractivity contribution < 1.29 is 14.6 Å². The Balaban J connectivity index is 3.37. The van der Waals surface area contributed by atoms with Crippen molar-refractivity contribution in [2.75, 3.05) is 6.61 Å². The largest absolute Gasteiger partial charge is 0.481 e. The Kier molecular flexibility index (Phi) is 5.37. The number of rotatable bonds is 6. The van der Waals surface area contributed by atoms with E-state index in [1.165, 1.54) is 0 Å². The average Bonchev–Trinajstić information content (AvgIpc) is 1.84. The minimum absolute atomic E-state index is 0.0657. The van der Waals surface area contributed by atoms with Crippen molar-refractivity contribution in [3.8, 4) is 0 Å². The van der Waals surface area contributed by atoms with Gasteiger partial charge in [-0.3, -0.25) is 4.79 Å². The highest BCUT2D eigenvalue weighted by molar-refractivity contribution is 5.67. The molecule has 0 heterocycles. The highest BCUT2D eigenvalue weighted by atomic mass is 16.5. The third-order valence-electron chi connectivity index (χ3n) is 1.39. The third kappa shape index (κ3) is 7.28. The van der Waals surface area contributed by atoms with E-state index >= 15 is 0 Å². The van der Waals surface area contributed by atoms with Crippen LogP contribution < -0.4 is 0 Å². The van der Waals surface area contributed by atoms with E-state index in [9.17, 15) is 4.79 Å². The Morgan fingerprint density at radius 2 is 2.25 bits per heavy atom. The van der Waals surface area contributed by atoms with Gasteiger partial charge in [-0.1, -0.05) is 5.57 Å². The summed E-state index contributed by atoms with van der Waals surface area (Å²) in [7, 11) is 0. The molecular weight excluding hydrogens is 156 g/mol. The molecule has 3 nitrogen and oxygen atoms in total. The van der Waals surface area contributed by atoms with Crippen LogP contribution in [0.3, 0.4) is 0 Å². The lowest BCUT2D eigenvalue weighted by Crippen LogP contribution is -2.14. The highest BCUT2D eigenvalue weighted by Gasteiger charge is 2.06. The zero-order valence-electron chi connectivity index (χ0n) is 7.67. The molecule has 0 aliphatic heterocycles. The average molecular weight is 172 g/mol. The maximum atomic E-state index is 10.2. The lowest BCUT2D eigenvalue weighted by Gasteiger charge is -2.09. The van der Waals surface area contributed by atoms with Gasteiger partial charge in [0.25, 0.3) is 0 Å². The SMILES string of the molecule is C=C(C)CCO[C@@H](C)CC(=O)O. The summed E-state index contributed by atoms with van der Waals surface area (Å²) in [6.07, 6.45) is 0.655. The maximum Gasteiger partial charge on any atom is 0.305 e. The van der Waals surface area contributed by atoms with Gasteiger partial charge in [-0.25, -0.2) is 0 Å². The zero-order valence-corrected chi connectivity index (χ0v) is 7.67. The van der Waals surface area contributed by atoms with E-state index in [0.29, 0.717) is 6.61 Å². The second-order valence-electron chi connectivity index (χ2n) is 2.99. The maximum absolute atomic E-state index is 10.2. The molecule has 0 aliphatic carbocycles. The number of ether oxygens (including phenoxy) is 1. The fraction of sp³-hybridized carbons (Fsp3) is 0.667.